The maximum Gasteiger partial charge on any atom is 0.216 e. The lowest BCUT2D eigenvalue weighted by atomic mass is 9.97. The number of amides is 1. The quantitative estimate of drug-likeness (QED) is 0.859. The predicted molar refractivity (Wildman–Crippen MR) is 84.6 cm³/mol. The van der Waals surface area contributed by atoms with E-state index in [4.69, 9.17) is 0 Å². The molecular formula is C15H25N5O. The lowest BCUT2D eigenvalue weighted by Gasteiger charge is -2.33. The van der Waals surface area contributed by atoms with Gasteiger partial charge in [-0.05, 0) is 18.8 Å². The van der Waals surface area contributed by atoms with Crippen LogP contribution >= 0.6 is 0 Å². The van der Waals surface area contributed by atoms with Crippen LogP contribution in [-0.2, 0) is 11.2 Å². The molecule has 1 aromatic rings. The van der Waals surface area contributed by atoms with E-state index >= 15 is 0 Å². The Morgan fingerprint density at radius 1 is 1.38 bits per heavy atom. The highest BCUT2D eigenvalue weighted by molar-refractivity contribution is 5.72. The minimum atomic E-state index is 0.0551. The number of carbonyl (C=O) groups is 1. The fourth-order valence-corrected chi connectivity index (χ4v) is 2.59. The molecule has 0 atom stereocenters. The van der Waals surface area contributed by atoms with Crippen molar-refractivity contribution in [3.63, 3.8) is 0 Å². The number of aryl methyl sites for hydroxylation is 1. The van der Waals surface area contributed by atoms with E-state index in [1.165, 1.54) is 0 Å². The molecule has 1 aromatic heterocycles. The molecule has 6 nitrogen and oxygen atoms in total. The summed E-state index contributed by atoms with van der Waals surface area (Å²) in [6, 6.07) is 2.01. The second-order valence-corrected chi connectivity index (χ2v) is 5.50. The number of nitrogens with zero attached hydrogens (tertiary/aromatic N) is 3. The van der Waals surface area contributed by atoms with Gasteiger partial charge in [-0.2, -0.15) is 0 Å². The summed E-state index contributed by atoms with van der Waals surface area (Å²) in [5.41, 5.74) is 0. The molecule has 1 saturated heterocycles. The number of rotatable bonds is 5. The van der Waals surface area contributed by atoms with Crippen molar-refractivity contribution in [2.24, 2.45) is 5.92 Å². The highest BCUT2D eigenvalue weighted by Crippen LogP contribution is 2.23. The molecule has 0 spiro atoms. The number of hydrogen-bond acceptors (Lipinski definition) is 5. The molecule has 0 radical (unpaired) electrons. The third-order valence-corrected chi connectivity index (χ3v) is 3.91. The standard InChI is InChI=1S/C15H25N5O/c1-4-13-18-14(16-3)9-15(19-13)20-7-5-12(6-8-20)10-17-11(2)21/h9,12H,4-8,10H2,1-3H3,(H,17,21)(H,16,18,19). The third kappa shape index (κ3) is 4.31. The Labute approximate surface area is 126 Å². The number of nitrogens with one attached hydrogen (secondary N) is 2. The van der Waals surface area contributed by atoms with Gasteiger partial charge in [-0.1, -0.05) is 6.92 Å². The molecule has 2 heterocycles. The molecule has 1 amide bonds. The van der Waals surface area contributed by atoms with Crippen molar-refractivity contribution in [2.45, 2.75) is 33.1 Å². The van der Waals surface area contributed by atoms with Crippen molar-refractivity contribution in [1.29, 1.82) is 0 Å². The Hall–Kier alpha value is -1.85. The van der Waals surface area contributed by atoms with Gasteiger partial charge in [0, 0.05) is 46.1 Å². The zero-order valence-corrected chi connectivity index (χ0v) is 13.1. The predicted octanol–water partition coefficient (Wildman–Crippen LogP) is 1.43. The SMILES string of the molecule is CCc1nc(NC)cc(N2CCC(CNC(C)=O)CC2)n1. The smallest absolute Gasteiger partial charge is 0.216 e. The number of hydrogen-bond donors (Lipinski definition) is 2. The topological polar surface area (TPSA) is 70.2 Å². The first-order valence-electron chi connectivity index (χ1n) is 7.67. The van der Waals surface area contributed by atoms with Crippen LogP contribution in [0.1, 0.15) is 32.5 Å². The average Bonchev–Trinajstić information content (AvgIpc) is 2.52. The number of anilines is 2. The fraction of sp³-hybridized carbons (Fsp3) is 0.667. The molecule has 0 aliphatic carbocycles. The van der Waals surface area contributed by atoms with Crippen molar-refractivity contribution < 1.29 is 4.79 Å². The summed E-state index contributed by atoms with van der Waals surface area (Å²) in [7, 11) is 1.88. The van der Waals surface area contributed by atoms with Crippen LogP contribution in [0, 0.1) is 5.92 Å². The van der Waals surface area contributed by atoms with E-state index in [9.17, 15) is 4.79 Å². The van der Waals surface area contributed by atoms with Crippen LogP contribution in [0.15, 0.2) is 6.07 Å². The summed E-state index contributed by atoms with van der Waals surface area (Å²) < 4.78 is 0. The van der Waals surface area contributed by atoms with Gasteiger partial charge in [0.1, 0.15) is 17.5 Å². The molecular weight excluding hydrogens is 266 g/mol. The molecule has 2 N–H and O–H groups in total. The summed E-state index contributed by atoms with van der Waals surface area (Å²) >= 11 is 0. The van der Waals surface area contributed by atoms with Gasteiger partial charge in [0.25, 0.3) is 0 Å². The first-order valence-corrected chi connectivity index (χ1v) is 7.67. The van der Waals surface area contributed by atoms with E-state index in [0.717, 1.165) is 56.4 Å². The highest BCUT2D eigenvalue weighted by Gasteiger charge is 2.21. The van der Waals surface area contributed by atoms with Crippen LogP contribution in [0.3, 0.4) is 0 Å². The largest absolute Gasteiger partial charge is 0.373 e. The van der Waals surface area contributed by atoms with Crippen molar-refractivity contribution in [2.75, 3.05) is 36.9 Å². The maximum atomic E-state index is 11.0. The lowest BCUT2D eigenvalue weighted by Crippen LogP contribution is -2.38. The Kier molecular flexibility index (Phi) is 5.36. The van der Waals surface area contributed by atoms with Gasteiger partial charge < -0.3 is 15.5 Å². The molecule has 21 heavy (non-hydrogen) atoms. The van der Waals surface area contributed by atoms with Gasteiger partial charge in [0.15, 0.2) is 0 Å². The van der Waals surface area contributed by atoms with E-state index in [-0.39, 0.29) is 5.91 Å². The molecule has 1 aliphatic heterocycles. The lowest BCUT2D eigenvalue weighted by molar-refractivity contribution is -0.119. The van der Waals surface area contributed by atoms with Crippen LogP contribution in [0.5, 0.6) is 0 Å². The fourth-order valence-electron chi connectivity index (χ4n) is 2.59. The summed E-state index contributed by atoms with van der Waals surface area (Å²) in [5, 5.41) is 6.01. The second kappa shape index (κ2) is 7.24. The highest BCUT2D eigenvalue weighted by atomic mass is 16.1. The van der Waals surface area contributed by atoms with Gasteiger partial charge in [-0.15, -0.1) is 0 Å². The summed E-state index contributed by atoms with van der Waals surface area (Å²) in [4.78, 5) is 22.3. The van der Waals surface area contributed by atoms with Gasteiger partial charge >= 0.3 is 0 Å². The molecule has 0 bridgehead atoms. The van der Waals surface area contributed by atoms with Crippen molar-refractivity contribution in [3.05, 3.63) is 11.9 Å². The van der Waals surface area contributed by atoms with Gasteiger partial charge in [-0.3, -0.25) is 4.79 Å². The monoisotopic (exact) mass is 291 g/mol. The number of aromatic nitrogens is 2. The Morgan fingerprint density at radius 2 is 2.10 bits per heavy atom. The van der Waals surface area contributed by atoms with Crippen LogP contribution in [-0.4, -0.2) is 42.6 Å². The molecule has 6 heteroatoms. The summed E-state index contributed by atoms with van der Waals surface area (Å²) in [6.45, 7) is 6.38. The maximum absolute atomic E-state index is 11.0. The second-order valence-electron chi connectivity index (χ2n) is 5.50. The van der Waals surface area contributed by atoms with Crippen LogP contribution < -0.4 is 15.5 Å². The zero-order valence-electron chi connectivity index (χ0n) is 13.1. The van der Waals surface area contributed by atoms with Crippen LogP contribution in [0.25, 0.3) is 0 Å². The molecule has 1 fully saturated rings. The first kappa shape index (κ1) is 15.5. The van der Waals surface area contributed by atoms with Crippen LogP contribution in [0.4, 0.5) is 11.6 Å². The normalized spacial score (nSPS) is 15.9. The van der Waals surface area contributed by atoms with Gasteiger partial charge in [0.2, 0.25) is 5.91 Å². The van der Waals surface area contributed by atoms with Crippen molar-refractivity contribution in [1.82, 2.24) is 15.3 Å². The molecule has 116 valence electrons. The van der Waals surface area contributed by atoms with E-state index in [1.54, 1.807) is 6.92 Å². The van der Waals surface area contributed by atoms with Gasteiger partial charge in [0.05, 0.1) is 0 Å². The Morgan fingerprint density at radius 3 is 2.67 bits per heavy atom. The molecule has 0 aromatic carbocycles. The van der Waals surface area contributed by atoms with Crippen LogP contribution in [0.2, 0.25) is 0 Å². The molecule has 1 aliphatic rings. The average molecular weight is 291 g/mol. The van der Waals surface area contributed by atoms with E-state index in [1.807, 2.05) is 13.1 Å². The van der Waals surface area contributed by atoms with E-state index in [0.29, 0.717) is 5.92 Å². The molecule has 2 rings (SSSR count). The first-order chi connectivity index (χ1) is 10.1. The minimum Gasteiger partial charge on any atom is -0.373 e. The number of carbonyl (C=O) groups excluding carboxylic acids is 1. The molecule has 0 saturated carbocycles. The Balaban J connectivity index is 1.96. The van der Waals surface area contributed by atoms with Gasteiger partial charge in [-0.25, -0.2) is 9.97 Å². The molecule has 0 unspecified atom stereocenters. The minimum absolute atomic E-state index is 0.0551. The van der Waals surface area contributed by atoms with Crippen molar-refractivity contribution >= 4 is 17.5 Å². The number of piperidine rings is 1. The van der Waals surface area contributed by atoms with Crippen molar-refractivity contribution in [3.8, 4) is 0 Å². The summed E-state index contributed by atoms with van der Waals surface area (Å²) in [6.07, 6.45) is 3.00. The van der Waals surface area contributed by atoms with E-state index < -0.39 is 0 Å². The zero-order chi connectivity index (χ0) is 15.2. The van der Waals surface area contributed by atoms with E-state index in [2.05, 4.69) is 32.4 Å². The third-order valence-electron chi connectivity index (χ3n) is 3.91. The Bertz CT molecular complexity index is 461. The summed E-state index contributed by atoms with van der Waals surface area (Å²) in [5.74, 6) is 3.37.